The zero-order chi connectivity index (χ0) is 15.5. The molecule has 8 heteroatoms. The number of carboxylic acid groups (broad SMARTS) is 1. The SMILES string of the molecule is O=C(O)CNc1ccccc1C(=O)N1CCS(=O)(=O)CC1. The summed E-state index contributed by atoms with van der Waals surface area (Å²) in [4.78, 5) is 24.5. The van der Waals surface area contributed by atoms with Crippen LogP contribution in [0.3, 0.4) is 0 Å². The van der Waals surface area contributed by atoms with E-state index in [9.17, 15) is 18.0 Å². The molecule has 1 heterocycles. The van der Waals surface area contributed by atoms with E-state index in [-0.39, 0.29) is 37.0 Å². The number of para-hydroxylation sites is 1. The minimum Gasteiger partial charge on any atom is -0.480 e. The lowest BCUT2D eigenvalue weighted by Crippen LogP contribution is -2.43. The molecule has 0 radical (unpaired) electrons. The predicted octanol–water partition coefficient (Wildman–Crippen LogP) is 0.0537. The maximum absolute atomic E-state index is 12.4. The lowest BCUT2D eigenvalue weighted by atomic mass is 10.1. The van der Waals surface area contributed by atoms with Crippen LogP contribution >= 0.6 is 0 Å². The number of carbonyl (C=O) groups is 2. The molecule has 2 N–H and O–H groups in total. The molecule has 0 unspecified atom stereocenters. The van der Waals surface area contributed by atoms with Gasteiger partial charge in [-0.1, -0.05) is 12.1 Å². The molecule has 1 aromatic rings. The number of hydrogen-bond donors (Lipinski definition) is 2. The molecule has 7 nitrogen and oxygen atoms in total. The van der Waals surface area contributed by atoms with Gasteiger partial charge in [-0.3, -0.25) is 9.59 Å². The van der Waals surface area contributed by atoms with Crippen molar-refractivity contribution < 1.29 is 23.1 Å². The van der Waals surface area contributed by atoms with Crippen molar-refractivity contribution >= 4 is 27.4 Å². The molecule has 0 aliphatic carbocycles. The van der Waals surface area contributed by atoms with E-state index >= 15 is 0 Å². The Morgan fingerprint density at radius 1 is 1.19 bits per heavy atom. The number of benzene rings is 1. The Balaban J connectivity index is 2.14. The highest BCUT2D eigenvalue weighted by Gasteiger charge is 2.26. The molecule has 1 amide bonds. The van der Waals surface area contributed by atoms with Gasteiger partial charge in [-0.05, 0) is 12.1 Å². The number of carbonyl (C=O) groups excluding carboxylic acids is 1. The Morgan fingerprint density at radius 3 is 2.43 bits per heavy atom. The van der Waals surface area contributed by atoms with E-state index in [1.807, 2.05) is 0 Å². The third-order valence-electron chi connectivity index (χ3n) is 3.22. The monoisotopic (exact) mass is 312 g/mol. The van der Waals surface area contributed by atoms with Crippen LogP contribution in [0, 0.1) is 0 Å². The van der Waals surface area contributed by atoms with Crippen molar-refractivity contribution in [2.24, 2.45) is 0 Å². The van der Waals surface area contributed by atoms with Crippen molar-refractivity contribution in [2.75, 3.05) is 36.5 Å². The summed E-state index contributed by atoms with van der Waals surface area (Å²) in [6, 6.07) is 6.59. The minimum absolute atomic E-state index is 0.0382. The molecule has 0 saturated carbocycles. The molecule has 1 aromatic carbocycles. The molecule has 0 aromatic heterocycles. The zero-order valence-corrected chi connectivity index (χ0v) is 12.1. The first kappa shape index (κ1) is 15.3. The number of carboxylic acids is 1. The zero-order valence-electron chi connectivity index (χ0n) is 11.3. The molecule has 1 aliphatic rings. The number of nitrogens with zero attached hydrogens (tertiary/aromatic N) is 1. The van der Waals surface area contributed by atoms with Crippen LogP contribution in [0.4, 0.5) is 5.69 Å². The van der Waals surface area contributed by atoms with Crippen molar-refractivity contribution in [2.45, 2.75) is 0 Å². The largest absolute Gasteiger partial charge is 0.480 e. The summed E-state index contributed by atoms with van der Waals surface area (Å²) in [5.41, 5.74) is 0.774. The molecule has 1 aliphatic heterocycles. The molecular weight excluding hydrogens is 296 g/mol. The second-order valence-electron chi connectivity index (χ2n) is 4.74. The maximum atomic E-state index is 12.4. The van der Waals surface area contributed by atoms with Gasteiger partial charge in [0, 0.05) is 18.8 Å². The summed E-state index contributed by atoms with van der Waals surface area (Å²) in [5, 5.41) is 11.4. The van der Waals surface area contributed by atoms with Crippen molar-refractivity contribution in [3.8, 4) is 0 Å². The predicted molar refractivity (Wildman–Crippen MR) is 77.1 cm³/mol. The fraction of sp³-hybridized carbons (Fsp3) is 0.385. The first-order chi connectivity index (χ1) is 9.89. The highest BCUT2D eigenvalue weighted by Crippen LogP contribution is 2.18. The lowest BCUT2D eigenvalue weighted by molar-refractivity contribution is -0.134. The molecular formula is C13H16N2O5S. The molecule has 0 spiro atoms. The number of aliphatic carboxylic acids is 1. The number of amides is 1. The summed E-state index contributed by atoms with van der Waals surface area (Å²) in [7, 11) is -3.05. The smallest absolute Gasteiger partial charge is 0.322 e. The van der Waals surface area contributed by atoms with Crippen LogP contribution in [0.1, 0.15) is 10.4 Å². The van der Waals surface area contributed by atoms with Gasteiger partial charge in [-0.25, -0.2) is 8.42 Å². The number of sulfone groups is 1. The van der Waals surface area contributed by atoms with Gasteiger partial charge in [0.05, 0.1) is 17.1 Å². The lowest BCUT2D eigenvalue weighted by Gasteiger charge is -2.27. The maximum Gasteiger partial charge on any atom is 0.322 e. The van der Waals surface area contributed by atoms with Crippen LogP contribution < -0.4 is 5.32 Å². The van der Waals surface area contributed by atoms with E-state index in [2.05, 4.69) is 5.32 Å². The van der Waals surface area contributed by atoms with Gasteiger partial charge in [-0.2, -0.15) is 0 Å². The number of rotatable bonds is 4. The number of hydrogen-bond acceptors (Lipinski definition) is 5. The Morgan fingerprint density at radius 2 is 1.81 bits per heavy atom. The van der Waals surface area contributed by atoms with Crippen LogP contribution in [0.15, 0.2) is 24.3 Å². The highest BCUT2D eigenvalue weighted by molar-refractivity contribution is 7.91. The van der Waals surface area contributed by atoms with Gasteiger partial charge in [-0.15, -0.1) is 0 Å². The molecule has 1 saturated heterocycles. The van der Waals surface area contributed by atoms with Crippen LogP contribution in [-0.2, 0) is 14.6 Å². The van der Waals surface area contributed by atoms with Gasteiger partial charge in [0.1, 0.15) is 6.54 Å². The summed E-state index contributed by atoms with van der Waals surface area (Å²) in [6.07, 6.45) is 0. The van der Waals surface area contributed by atoms with Crippen molar-refractivity contribution in [1.29, 1.82) is 0 Å². The first-order valence-electron chi connectivity index (χ1n) is 6.43. The molecule has 1 fully saturated rings. The van der Waals surface area contributed by atoms with E-state index in [0.717, 1.165) is 0 Å². The molecule has 0 atom stereocenters. The standard InChI is InChI=1S/C13H16N2O5S/c16-12(17)9-14-11-4-2-1-3-10(11)13(18)15-5-7-21(19,20)8-6-15/h1-4,14H,5-9H2,(H,16,17). The van der Waals surface area contributed by atoms with E-state index in [1.54, 1.807) is 24.3 Å². The Labute approximate surface area is 122 Å². The molecule has 0 bridgehead atoms. The van der Waals surface area contributed by atoms with Gasteiger partial charge in [0.2, 0.25) is 0 Å². The van der Waals surface area contributed by atoms with E-state index in [4.69, 9.17) is 5.11 Å². The fourth-order valence-corrected chi connectivity index (χ4v) is 3.28. The summed E-state index contributed by atoms with van der Waals surface area (Å²) >= 11 is 0. The Hall–Kier alpha value is -2.09. The van der Waals surface area contributed by atoms with Crippen LogP contribution in [0.2, 0.25) is 0 Å². The average molecular weight is 312 g/mol. The van der Waals surface area contributed by atoms with Gasteiger partial charge in [0.25, 0.3) is 5.91 Å². The average Bonchev–Trinajstić information content (AvgIpc) is 2.44. The Kier molecular flexibility index (Phi) is 4.46. The summed E-state index contributed by atoms with van der Waals surface area (Å²) in [5.74, 6) is -1.40. The minimum atomic E-state index is -3.05. The number of nitrogens with one attached hydrogen (secondary N) is 1. The topological polar surface area (TPSA) is 104 Å². The molecule has 2 rings (SSSR count). The summed E-state index contributed by atoms with van der Waals surface area (Å²) < 4.78 is 22.8. The van der Waals surface area contributed by atoms with Crippen LogP contribution in [-0.4, -0.2) is 61.4 Å². The van der Waals surface area contributed by atoms with Crippen molar-refractivity contribution in [3.63, 3.8) is 0 Å². The quantitative estimate of drug-likeness (QED) is 0.814. The third kappa shape index (κ3) is 3.94. The summed E-state index contributed by atoms with van der Waals surface area (Å²) in [6.45, 7) is 0.0293. The Bertz CT molecular complexity index is 642. The normalized spacial score (nSPS) is 17.2. The fourth-order valence-electron chi connectivity index (χ4n) is 2.08. The number of anilines is 1. The van der Waals surface area contributed by atoms with Gasteiger partial charge < -0.3 is 15.3 Å². The molecule has 21 heavy (non-hydrogen) atoms. The second kappa shape index (κ2) is 6.13. The van der Waals surface area contributed by atoms with Crippen LogP contribution in [0.5, 0.6) is 0 Å². The van der Waals surface area contributed by atoms with Crippen molar-refractivity contribution in [3.05, 3.63) is 29.8 Å². The van der Waals surface area contributed by atoms with Crippen molar-refractivity contribution in [1.82, 2.24) is 4.90 Å². The van der Waals surface area contributed by atoms with Crippen LogP contribution in [0.25, 0.3) is 0 Å². The third-order valence-corrected chi connectivity index (χ3v) is 4.83. The van der Waals surface area contributed by atoms with Gasteiger partial charge in [0.15, 0.2) is 9.84 Å². The highest BCUT2D eigenvalue weighted by atomic mass is 32.2. The van der Waals surface area contributed by atoms with E-state index in [1.165, 1.54) is 4.90 Å². The van der Waals surface area contributed by atoms with Gasteiger partial charge >= 0.3 is 5.97 Å². The van der Waals surface area contributed by atoms with E-state index in [0.29, 0.717) is 11.3 Å². The first-order valence-corrected chi connectivity index (χ1v) is 8.25. The van der Waals surface area contributed by atoms with E-state index < -0.39 is 15.8 Å². The second-order valence-corrected chi connectivity index (χ2v) is 7.04. The molecule has 114 valence electrons.